The normalized spacial score (nSPS) is 14.0. The van der Waals surface area contributed by atoms with Gasteiger partial charge in [0.25, 0.3) is 0 Å². The Bertz CT molecular complexity index is 577. The third kappa shape index (κ3) is 4.73. The van der Waals surface area contributed by atoms with Crippen molar-refractivity contribution < 1.29 is 14.4 Å². The molecule has 2 rings (SSSR count). The first-order chi connectivity index (χ1) is 10.6. The summed E-state index contributed by atoms with van der Waals surface area (Å²) in [5.41, 5.74) is 0.468. The van der Waals surface area contributed by atoms with Crippen LogP contribution in [0, 0.1) is 0 Å². The fourth-order valence-electron chi connectivity index (χ4n) is 2.25. The SMILES string of the molecule is O=C(NCCCN1CCCC1=O)C(=O)Nc1cccc(Cl)c1. The first-order valence-electron chi connectivity index (χ1n) is 7.19. The smallest absolute Gasteiger partial charge is 0.313 e. The van der Waals surface area contributed by atoms with Crippen molar-refractivity contribution in [1.29, 1.82) is 0 Å². The summed E-state index contributed by atoms with van der Waals surface area (Å²) < 4.78 is 0. The van der Waals surface area contributed by atoms with Crippen LogP contribution in [0.2, 0.25) is 5.02 Å². The molecule has 7 heteroatoms. The summed E-state index contributed by atoms with van der Waals surface area (Å²) >= 11 is 5.80. The van der Waals surface area contributed by atoms with Crippen molar-refractivity contribution >= 4 is 35.0 Å². The maximum atomic E-state index is 11.7. The van der Waals surface area contributed by atoms with Crippen LogP contribution in [0.15, 0.2) is 24.3 Å². The molecule has 1 aliphatic heterocycles. The predicted octanol–water partition coefficient (Wildman–Crippen LogP) is 1.41. The lowest BCUT2D eigenvalue weighted by atomic mass is 10.3. The molecule has 1 aromatic rings. The number of hydrogen-bond donors (Lipinski definition) is 2. The highest BCUT2D eigenvalue weighted by Gasteiger charge is 2.19. The van der Waals surface area contributed by atoms with Crippen LogP contribution in [0.3, 0.4) is 0 Å². The minimum absolute atomic E-state index is 0.157. The van der Waals surface area contributed by atoms with Crippen LogP contribution in [0.5, 0.6) is 0 Å². The molecule has 0 radical (unpaired) electrons. The lowest BCUT2D eigenvalue weighted by Gasteiger charge is -2.15. The van der Waals surface area contributed by atoms with Crippen LogP contribution in [-0.2, 0) is 14.4 Å². The number of nitrogens with one attached hydrogen (secondary N) is 2. The Morgan fingerprint density at radius 1 is 1.27 bits per heavy atom. The molecule has 1 aliphatic rings. The maximum Gasteiger partial charge on any atom is 0.313 e. The summed E-state index contributed by atoms with van der Waals surface area (Å²) in [7, 11) is 0. The van der Waals surface area contributed by atoms with E-state index in [4.69, 9.17) is 11.6 Å². The number of halogens is 1. The molecule has 0 bridgehead atoms. The third-order valence-corrected chi connectivity index (χ3v) is 3.59. The standard InChI is InChI=1S/C15H18ClN3O3/c16-11-4-1-5-12(10-11)18-15(22)14(21)17-7-3-9-19-8-2-6-13(19)20/h1,4-5,10H,2-3,6-9H2,(H,17,21)(H,18,22). The summed E-state index contributed by atoms with van der Waals surface area (Å²) in [4.78, 5) is 36.5. The molecular formula is C15H18ClN3O3. The number of rotatable bonds is 5. The molecule has 2 N–H and O–H groups in total. The lowest BCUT2D eigenvalue weighted by molar-refractivity contribution is -0.136. The van der Waals surface area contributed by atoms with Crippen LogP contribution >= 0.6 is 11.6 Å². The summed E-state index contributed by atoms with van der Waals surface area (Å²) in [5.74, 6) is -1.28. The van der Waals surface area contributed by atoms with Gasteiger partial charge in [-0.15, -0.1) is 0 Å². The molecule has 1 heterocycles. The van der Waals surface area contributed by atoms with E-state index in [-0.39, 0.29) is 5.91 Å². The van der Waals surface area contributed by atoms with Gasteiger partial charge in [0.05, 0.1) is 0 Å². The van der Waals surface area contributed by atoms with Crippen molar-refractivity contribution in [3.63, 3.8) is 0 Å². The molecular weight excluding hydrogens is 306 g/mol. The minimum Gasteiger partial charge on any atom is -0.348 e. The molecule has 0 atom stereocenters. The number of benzene rings is 1. The zero-order chi connectivity index (χ0) is 15.9. The summed E-state index contributed by atoms with van der Waals surface area (Å²) in [6.45, 7) is 1.74. The number of anilines is 1. The van der Waals surface area contributed by atoms with Crippen molar-refractivity contribution in [3.8, 4) is 0 Å². The Balaban J connectivity index is 1.68. The van der Waals surface area contributed by atoms with E-state index in [0.29, 0.717) is 36.6 Å². The molecule has 0 unspecified atom stereocenters. The number of hydrogen-bond acceptors (Lipinski definition) is 3. The average molecular weight is 324 g/mol. The van der Waals surface area contributed by atoms with Crippen LogP contribution < -0.4 is 10.6 Å². The molecule has 0 aromatic heterocycles. The van der Waals surface area contributed by atoms with Gasteiger partial charge >= 0.3 is 11.8 Å². The summed E-state index contributed by atoms with van der Waals surface area (Å²) in [6.07, 6.45) is 2.13. The van der Waals surface area contributed by atoms with Gasteiger partial charge in [-0.25, -0.2) is 0 Å². The maximum absolute atomic E-state index is 11.7. The van der Waals surface area contributed by atoms with Gasteiger partial charge in [-0.3, -0.25) is 14.4 Å². The number of amides is 3. The Labute approximate surface area is 133 Å². The molecule has 22 heavy (non-hydrogen) atoms. The van der Waals surface area contributed by atoms with E-state index in [9.17, 15) is 14.4 Å². The van der Waals surface area contributed by atoms with E-state index < -0.39 is 11.8 Å². The highest BCUT2D eigenvalue weighted by atomic mass is 35.5. The van der Waals surface area contributed by atoms with E-state index in [2.05, 4.69) is 10.6 Å². The molecule has 118 valence electrons. The van der Waals surface area contributed by atoms with Gasteiger partial charge in [0.2, 0.25) is 5.91 Å². The first-order valence-corrected chi connectivity index (χ1v) is 7.56. The average Bonchev–Trinajstić information content (AvgIpc) is 2.88. The number of likely N-dealkylation sites (tertiary alicyclic amines) is 1. The lowest BCUT2D eigenvalue weighted by Crippen LogP contribution is -2.37. The van der Waals surface area contributed by atoms with E-state index in [0.717, 1.165) is 13.0 Å². The third-order valence-electron chi connectivity index (χ3n) is 3.35. The van der Waals surface area contributed by atoms with Crippen molar-refractivity contribution in [2.24, 2.45) is 0 Å². The monoisotopic (exact) mass is 323 g/mol. The zero-order valence-electron chi connectivity index (χ0n) is 12.1. The Morgan fingerprint density at radius 3 is 2.77 bits per heavy atom. The van der Waals surface area contributed by atoms with Crippen molar-refractivity contribution in [2.45, 2.75) is 19.3 Å². The number of carbonyl (C=O) groups is 3. The van der Waals surface area contributed by atoms with Crippen LogP contribution in [0.1, 0.15) is 19.3 Å². The number of nitrogens with zero attached hydrogens (tertiary/aromatic N) is 1. The second kappa shape index (κ2) is 7.79. The topological polar surface area (TPSA) is 78.5 Å². The molecule has 1 fully saturated rings. The largest absolute Gasteiger partial charge is 0.348 e. The van der Waals surface area contributed by atoms with E-state index in [1.807, 2.05) is 0 Å². The fourth-order valence-corrected chi connectivity index (χ4v) is 2.44. The molecule has 1 saturated heterocycles. The second-order valence-corrected chi connectivity index (χ2v) is 5.49. The van der Waals surface area contributed by atoms with Crippen LogP contribution in [-0.4, -0.2) is 42.3 Å². The van der Waals surface area contributed by atoms with E-state index >= 15 is 0 Å². The highest BCUT2D eigenvalue weighted by Crippen LogP contribution is 2.14. The number of carbonyl (C=O) groups excluding carboxylic acids is 3. The zero-order valence-corrected chi connectivity index (χ0v) is 12.9. The van der Waals surface area contributed by atoms with Gasteiger partial charge in [0, 0.05) is 36.8 Å². The molecule has 6 nitrogen and oxygen atoms in total. The van der Waals surface area contributed by atoms with Gasteiger partial charge in [0.1, 0.15) is 0 Å². The molecule has 0 saturated carbocycles. The second-order valence-electron chi connectivity index (χ2n) is 5.06. The molecule has 0 aliphatic carbocycles. The minimum atomic E-state index is -0.737. The van der Waals surface area contributed by atoms with Crippen LogP contribution in [0.4, 0.5) is 5.69 Å². The molecule has 3 amide bonds. The van der Waals surface area contributed by atoms with Gasteiger partial charge in [0.15, 0.2) is 0 Å². The Hall–Kier alpha value is -2.08. The fraction of sp³-hybridized carbons (Fsp3) is 0.400. The predicted molar refractivity (Wildman–Crippen MR) is 83.5 cm³/mol. The van der Waals surface area contributed by atoms with Gasteiger partial charge in [-0.1, -0.05) is 17.7 Å². The van der Waals surface area contributed by atoms with Crippen LogP contribution in [0.25, 0.3) is 0 Å². The van der Waals surface area contributed by atoms with Gasteiger partial charge in [-0.05, 0) is 31.0 Å². The molecule has 0 spiro atoms. The summed E-state index contributed by atoms with van der Waals surface area (Å²) in [6, 6.07) is 6.57. The van der Waals surface area contributed by atoms with Gasteiger partial charge in [-0.2, -0.15) is 0 Å². The van der Waals surface area contributed by atoms with E-state index in [1.54, 1.807) is 29.2 Å². The quantitative estimate of drug-likeness (QED) is 0.635. The molecule has 1 aromatic carbocycles. The Kier molecular flexibility index (Phi) is 5.77. The van der Waals surface area contributed by atoms with Crippen molar-refractivity contribution in [3.05, 3.63) is 29.3 Å². The van der Waals surface area contributed by atoms with Gasteiger partial charge < -0.3 is 15.5 Å². The van der Waals surface area contributed by atoms with Crippen molar-refractivity contribution in [2.75, 3.05) is 25.0 Å². The first kappa shape index (κ1) is 16.3. The van der Waals surface area contributed by atoms with E-state index in [1.165, 1.54) is 0 Å². The summed E-state index contributed by atoms with van der Waals surface area (Å²) in [5, 5.41) is 5.49. The Morgan fingerprint density at radius 2 is 2.09 bits per heavy atom. The van der Waals surface area contributed by atoms with Crippen molar-refractivity contribution in [1.82, 2.24) is 10.2 Å². The highest BCUT2D eigenvalue weighted by molar-refractivity contribution is 6.39.